The van der Waals surface area contributed by atoms with E-state index in [1.807, 2.05) is 0 Å². The molecule has 2 atom stereocenters. The van der Waals surface area contributed by atoms with Gasteiger partial charge in [-0.25, -0.2) is 0 Å². The maximum absolute atomic E-state index is 12.9. The summed E-state index contributed by atoms with van der Waals surface area (Å²) in [4.78, 5) is 26.1. The number of piperidine rings is 1. The molecule has 0 aromatic carbocycles. The van der Waals surface area contributed by atoms with E-state index in [4.69, 9.17) is 0 Å². The second-order valence-electron chi connectivity index (χ2n) is 6.65. The van der Waals surface area contributed by atoms with Crippen molar-refractivity contribution < 1.29 is 14.7 Å². The van der Waals surface area contributed by atoms with Gasteiger partial charge >= 0.3 is 5.97 Å². The van der Waals surface area contributed by atoms with E-state index in [0.29, 0.717) is 19.5 Å². The first kappa shape index (κ1) is 15.3. The number of amides is 1. The highest BCUT2D eigenvalue weighted by molar-refractivity contribution is 5.84. The minimum absolute atomic E-state index is 0.163. The summed E-state index contributed by atoms with van der Waals surface area (Å²) in [5.74, 6) is -0.624. The van der Waals surface area contributed by atoms with Crippen LogP contribution < -0.4 is 5.32 Å². The lowest BCUT2D eigenvalue weighted by molar-refractivity contribution is -0.156. The fourth-order valence-corrected chi connectivity index (χ4v) is 3.65. The van der Waals surface area contributed by atoms with Crippen LogP contribution in [0.4, 0.5) is 0 Å². The normalized spacial score (nSPS) is 34.2. The molecule has 2 aliphatic heterocycles. The lowest BCUT2D eigenvalue weighted by Crippen LogP contribution is -2.53. The van der Waals surface area contributed by atoms with Crippen LogP contribution in [-0.2, 0) is 9.59 Å². The number of hydrogen-bond acceptors (Lipinski definition) is 3. The Kier molecular flexibility index (Phi) is 4.37. The number of nitrogens with one attached hydrogen (secondary N) is 1. The van der Waals surface area contributed by atoms with Gasteiger partial charge in [0.1, 0.15) is 0 Å². The van der Waals surface area contributed by atoms with Crippen molar-refractivity contribution in [3.05, 3.63) is 0 Å². The number of hydrogen-bond donors (Lipinski definition) is 2. The van der Waals surface area contributed by atoms with Crippen LogP contribution in [0, 0.1) is 10.8 Å². The molecule has 2 heterocycles. The Morgan fingerprint density at radius 1 is 1.35 bits per heavy atom. The highest BCUT2D eigenvalue weighted by Gasteiger charge is 2.46. The molecule has 2 saturated heterocycles. The van der Waals surface area contributed by atoms with Crippen LogP contribution in [0.2, 0.25) is 0 Å². The van der Waals surface area contributed by atoms with Crippen LogP contribution in [0.3, 0.4) is 0 Å². The Morgan fingerprint density at radius 2 is 2.10 bits per heavy atom. The highest BCUT2D eigenvalue weighted by Crippen LogP contribution is 2.37. The number of carboxylic acid groups (broad SMARTS) is 1. The van der Waals surface area contributed by atoms with Crippen molar-refractivity contribution in [2.75, 3.05) is 26.2 Å². The predicted octanol–water partition coefficient (Wildman–Crippen LogP) is 1.48. The summed E-state index contributed by atoms with van der Waals surface area (Å²) < 4.78 is 0. The van der Waals surface area contributed by atoms with Crippen molar-refractivity contribution in [1.82, 2.24) is 10.2 Å². The molecule has 2 N–H and O–H groups in total. The summed E-state index contributed by atoms with van der Waals surface area (Å²) in [6, 6.07) is 0. The first-order valence-corrected chi connectivity index (χ1v) is 7.67. The van der Waals surface area contributed by atoms with Crippen LogP contribution >= 0.6 is 0 Å². The third-order valence-electron chi connectivity index (χ3n) is 4.93. The first-order chi connectivity index (χ1) is 9.43. The van der Waals surface area contributed by atoms with Crippen LogP contribution in [-0.4, -0.2) is 48.1 Å². The SMILES string of the molecule is CCCC1(C(=O)N2CCCC(C)(C(=O)O)C2)CCNC1. The summed E-state index contributed by atoms with van der Waals surface area (Å²) in [5.41, 5.74) is -1.08. The average molecular weight is 282 g/mol. The molecule has 114 valence electrons. The van der Waals surface area contributed by atoms with Crippen molar-refractivity contribution in [3.8, 4) is 0 Å². The van der Waals surface area contributed by atoms with Crippen molar-refractivity contribution in [2.24, 2.45) is 10.8 Å². The quantitative estimate of drug-likeness (QED) is 0.819. The molecule has 2 aliphatic rings. The van der Waals surface area contributed by atoms with Gasteiger partial charge in [-0.15, -0.1) is 0 Å². The van der Waals surface area contributed by atoms with Gasteiger partial charge in [0, 0.05) is 19.6 Å². The molecular weight excluding hydrogens is 256 g/mol. The van der Waals surface area contributed by atoms with E-state index in [0.717, 1.165) is 38.8 Å². The molecule has 0 aromatic rings. The fraction of sp³-hybridized carbons (Fsp3) is 0.867. The zero-order valence-electron chi connectivity index (χ0n) is 12.6. The minimum atomic E-state index is -0.788. The van der Waals surface area contributed by atoms with Gasteiger partial charge < -0.3 is 15.3 Å². The number of rotatable bonds is 4. The Bertz CT molecular complexity index is 391. The Balaban J connectivity index is 2.13. The van der Waals surface area contributed by atoms with Crippen molar-refractivity contribution in [3.63, 3.8) is 0 Å². The molecule has 5 nitrogen and oxygen atoms in total. The zero-order valence-corrected chi connectivity index (χ0v) is 12.6. The molecule has 2 fully saturated rings. The summed E-state index contributed by atoms with van der Waals surface area (Å²) >= 11 is 0. The molecule has 5 heteroatoms. The number of carbonyl (C=O) groups is 2. The monoisotopic (exact) mass is 282 g/mol. The first-order valence-electron chi connectivity index (χ1n) is 7.67. The molecule has 0 radical (unpaired) electrons. The van der Waals surface area contributed by atoms with E-state index in [2.05, 4.69) is 12.2 Å². The maximum Gasteiger partial charge on any atom is 0.311 e. The molecule has 20 heavy (non-hydrogen) atoms. The van der Waals surface area contributed by atoms with E-state index < -0.39 is 11.4 Å². The Hall–Kier alpha value is -1.10. The van der Waals surface area contributed by atoms with Crippen LogP contribution in [0.25, 0.3) is 0 Å². The molecule has 0 spiro atoms. The third kappa shape index (κ3) is 2.68. The molecule has 2 rings (SSSR count). The smallest absolute Gasteiger partial charge is 0.311 e. The van der Waals surface area contributed by atoms with E-state index in [1.54, 1.807) is 11.8 Å². The van der Waals surface area contributed by atoms with Crippen molar-refractivity contribution >= 4 is 11.9 Å². The topological polar surface area (TPSA) is 69.6 Å². The number of carbonyl (C=O) groups excluding carboxylic acids is 1. The molecule has 0 saturated carbocycles. The van der Waals surface area contributed by atoms with Gasteiger partial charge in [0.2, 0.25) is 5.91 Å². The van der Waals surface area contributed by atoms with Gasteiger partial charge in [-0.2, -0.15) is 0 Å². The predicted molar refractivity (Wildman–Crippen MR) is 76.4 cm³/mol. The van der Waals surface area contributed by atoms with Gasteiger partial charge in [-0.3, -0.25) is 9.59 Å². The molecule has 0 aromatic heterocycles. The van der Waals surface area contributed by atoms with Crippen LogP contribution in [0.1, 0.15) is 46.0 Å². The number of likely N-dealkylation sites (tertiary alicyclic amines) is 1. The number of aliphatic carboxylic acids is 1. The summed E-state index contributed by atoms with van der Waals surface area (Å²) in [6.45, 7) is 6.54. The Morgan fingerprint density at radius 3 is 2.65 bits per heavy atom. The van der Waals surface area contributed by atoms with Crippen molar-refractivity contribution in [1.29, 1.82) is 0 Å². The third-order valence-corrected chi connectivity index (χ3v) is 4.93. The average Bonchev–Trinajstić information content (AvgIpc) is 2.88. The van der Waals surface area contributed by atoms with E-state index in [9.17, 15) is 14.7 Å². The summed E-state index contributed by atoms with van der Waals surface area (Å²) in [5, 5.41) is 12.7. The Labute approximate surface area is 120 Å². The van der Waals surface area contributed by atoms with Crippen molar-refractivity contribution in [2.45, 2.75) is 46.0 Å². The summed E-state index contributed by atoms with van der Waals surface area (Å²) in [7, 11) is 0. The van der Waals surface area contributed by atoms with E-state index >= 15 is 0 Å². The lowest BCUT2D eigenvalue weighted by atomic mass is 9.77. The van der Waals surface area contributed by atoms with Gasteiger partial charge in [0.15, 0.2) is 0 Å². The summed E-state index contributed by atoms with van der Waals surface area (Å²) in [6.07, 6.45) is 4.19. The van der Waals surface area contributed by atoms with Gasteiger partial charge in [0.05, 0.1) is 10.8 Å². The molecule has 2 unspecified atom stereocenters. The van der Waals surface area contributed by atoms with Crippen LogP contribution in [0.15, 0.2) is 0 Å². The minimum Gasteiger partial charge on any atom is -0.481 e. The molecule has 0 bridgehead atoms. The lowest BCUT2D eigenvalue weighted by Gasteiger charge is -2.41. The van der Waals surface area contributed by atoms with Gasteiger partial charge in [-0.05, 0) is 39.2 Å². The van der Waals surface area contributed by atoms with E-state index in [-0.39, 0.29) is 11.3 Å². The fourth-order valence-electron chi connectivity index (χ4n) is 3.65. The maximum atomic E-state index is 12.9. The van der Waals surface area contributed by atoms with Gasteiger partial charge in [0.25, 0.3) is 0 Å². The number of carboxylic acids is 1. The molecular formula is C15H26N2O3. The molecule has 1 amide bonds. The highest BCUT2D eigenvalue weighted by atomic mass is 16.4. The molecule has 0 aliphatic carbocycles. The second kappa shape index (κ2) is 5.72. The van der Waals surface area contributed by atoms with Crippen LogP contribution in [0.5, 0.6) is 0 Å². The number of nitrogens with zero attached hydrogens (tertiary/aromatic N) is 1. The second-order valence-corrected chi connectivity index (χ2v) is 6.65. The largest absolute Gasteiger partial charge is 0.481 e. The van der Waals surface area contributed by atoms with Gasteiger partial charge in [-0.1, -0.05) is 13.3 Å². The standard InChI is InChI=1S/C15H26N2O3/c1-3-5-15(7-8-16-10-15)12(18)17-9-4-6-14(2,11-17)13(19)20/h16H,3-11H2,1-2H3,(H,19,20). The zero-order chi connectivity index (χ0) is 14.8. The van der Waals surface area contributed by atoms with E-state index in [1.165, 1.54) is 0 Å².